The van der Waals surface area contributed by atoms with Crippen LogP contribution in [-0.2, 0) is 16.6 Å². The number of rotatable bonds is 7. The Kier molecular flexibility index (Phi) is 6.75. The number of hydrogen-bond acceptors (Lipinski definition) is 5. The van der Waals surface area contributed by atoms with Gasteiger partial charge in [-0.15, -0.1) is 0 Å². The molecule has 0 spiro atoms. The molecule has 3 rings (SSSR count). The summed E-state index contributed by atoms with van der Waals surface area (Å²) in [5.41, 5.74) is 7.62. The topological polar surface area (TPSA) is 66.6 Å². The summed E-state index contributed by atoms with van der Waals surface area (Å²) in [6.45, 7) is 5.82. The van der Waals surface area contributed by atoms with Gasteiger partial charge in [-0.05, 0) is 61.2 Å². The van der Waals surface area contributed by atoms with Crippen LogP contribution in [0, 0.1) is 5.82 Å². The van der Waals surface area contributed by atoms with Crippen molar-refractivity contribution in [3.05, 3.63) is 52.0 Å². The van der Waals surface area contributed by atoms with Crippen LogP contribution in [0.4, 0.5) is 10.1 Å². The lowest BCUT2D eigenvalue weighted by atomic mass is 10.1. The Balaban J connectivity index is 1.85. The molecule has 2 heterocycles. The second-order valence-corrected chi connectivity index (χ2v) is 10.1. The Morgan fingerprint density at radius 2 is 2.11 bits per heavy atom. The molecular formula is C20H28FN3O2S2. The molecule has 1 aromatic carbocycles. The van der Waals surface area contributed by atoms with Crippen molar-refractivity contribution in [1.82, 2.24) is 4.31 Å². The van der Waals surface area contributed by atoms with Gasteiger partial charge in [0.1, 0.15) is 11.1 Å². The third kappa shape index (κ3) is 4.25. The Morgan fingerprint density at radius 1 is 1.32 bits per heavy atom. The summed E-state index contributed by atoms with van der Waals surface area (Å²) in [5, 5.41) is 3.24. The molecule has 154 valence electrons. The molecule has 2 N–H and O–H groups in total. The van der Waals surface area contributed by atoms with E-state index in [9.17, 15) is 12.8 Å². The Hall–Kier alpha value is -1.48. The predicted molar refractivity (Wildman–Crippen MR) is 114 cm³/mol. The van der Waals surface area contributed by atoms with Crippen LogP contribution in [0.25, 0.3) is 0 Å². The van der Waals surface area contributed by atoms with Crippen LogP contribution in [0.3, 0.4) is 0 Å². The van der Waals surface area contributed by atoms with Crippen molar-refractivity contribution in [2.24, 2.45) is 5.73 Å². The van der Waals surface area contributed by atoms with Crippen molar-refractivity contribution >= 4 is 27.0 Å². The zero-order valence-electron chi connectivity index (χ0n) is 16.3. The molecule has 1 unspecified atom stereocenters. The number of hydrogen-bond donors (Lipinski definition) is 1. The minimum absolute atomic E-state index is 0.0548. The lowest BCUT2D eigenvalue weighted by Crippen LogP contribution is -2.44. The van der Waals surface area contributed by atoms with Gasteiger partial charge in [0.25, 0.3) is 0 Å². The molecule has 0 aliphatic carbocycles. The molecule has 0 bridgehead atoms. The van der Waals surface area contributed by atoms with Crippen molar-refractivity contribution in [3.8, 4) is 0 Å². The monoisotopic (exact) mass is 425 g/mol. The highest BCUT2D eigenvalue weighted by Crippen LogP contribution is 2.39. The van der Waals surface area contributed by atoms with E-state index in [1.54, 1.807) is 6.07 Å². The van der Waals surface area contributed by atoms with E-state index in [0.717, 1.165) is 24.2 Å². The number of anilines is 1. The van der Waals surface area contributed by atoms with Gasteiger partial charge in [-0.3, -0.25) is 0 Å². The average molecular weight is 426 g/mol. The molecule has 0 amide bonds. The molecule has 0 saturated carbocycles. The van der Waals surface area contributed by atoms with E-state index < -0.39 is 15.3 Å². The SMILES string of the molecule is CCN(CCN)c1ccc(CN2[C@@H](C)CCC(c3ccsc3)S2(=O)=O)c(F)c1. The van der Waals surface area contributed by atoms with Crippen molar-refractivity contribution in [2.75, 3.05) is 24.5 Å². The fourth-order valence-electron chi connectivity index (χ4n) is 3.80. The van der Waals surface area contributed by atoms with E-state index in [1.807, 2.05) is 41.6 Å². The van der Waals surface area contributed by atoms with Crippen LogP contribution < -0.4 is 10.6 Å². The highest BCUT2D eigenvalue weighted by atomic mass is 32.2. The normalized spacial score (nSPS) is 22.3. The maximum atomic E-state index is 14.8. The molecule has 5 nitrogen and oxygen atoms in total. The number of benzene rings is 1. The third-order valence-corrected chi connectivity index (χ3v) is 8.52. The number of nitrogens with zero attached hydrogens (tertiary/aromatic N) is 2. The fraction of sp³-hybridized carbons (Fsp3) is 0.500. The zero-order valence-corrected chi connectivity index (χ0v) is 18.0. The van der Waals surface area contributed by atoms with E-state index in [1.165, 1.54) is 21.7 Å². The molecule has 0 radical (unpaired) electrons. The molecule has 1 saturated heterocycles. The van der Waals surface area contributed by atoms with Crippen LogP contribution in [0.5, 0.6) is 0 Å². The highest BCUT2D eigenvalue weighted by molar-refractivity contribution is 7.89. The standard InChI is InChI=1S/C20H28FN3O2S2/c1-3-23(10-9-22)18-6-5-16(19(21)12-18)13-24-15(2)4-7-20(28(24,25)26)17-8-11-27-14-17/h5-6,8,11-12,14-15,20H,3-4,7,9-10,13,22H2,1-2H3/t15-,20?/m0/s1. The molecule has 1 fully saturated rings. The molecule has 8 heteroatoms. The van der Waals surface area contributed by atoms with Crippen molar-refractivity contribution in [2.45, 2.75) is 44.5 Å². The largest absolute Gasteiger partial charge is 0.370 e. The average Bonchev–Trinajstić information content (AvgIpc) is 3.18. The second-order valence-electron chi connectivity index (χ2n) is 7.21. The predicted octanol–water partition coefficient (Wildman–Crippen LogP) is 3.73. The number of likely N-dealkylation sites (N-methyl/N-ethyl adjacent to an activating group) is 1. The molecule has 1 aliphatic rings. The Labute approximate surface area is 171 Å². The van der Waals surface area contributed by atoms with Gasteiger partial charge in [0, 0.05) is 43.5 Å². The number of thiophene rings is 1. The summed E-state index contributed by atoms with van der Waals surface area (Å²) in [6, 6.07) is 6.73. The lowest BCUT2D eigenvalue weighted by molar-refractivity contribution is 0.279. The minimum atomic E-state index is -3.54. The van der Waals surface area contributed by atoms with Gasteiger partial charge in [-0.1, -0.05) is 6.07 Å². The van der Waals surface area contributed by atoms with Gasteiger partial charge in [0.05, 0.1) is 0 Å². The molecule has 28 heavy (non-hydrogen) atoms. The van der Waals surface area contributed by atoms with Gasteiger partial charge in [0.2, 0.25) is 10.0 Å². The fourth-order valence-corrected chi connectivity index (χ4v) is 6.77. The highest BCUT2D eigenvalue weighted by Gasteiger charge is 2.40. The summed E-state index contributed by atoms with van der Waals surface area (Å²) >= 11 is 1.50. The Bertz CT molecular complexity index is 887. The van der Waals surface area contributed by atoms with Gasteiger partial charge < -0.3 is 10.6 Å². The minimum Gasteiger partial charge on any atom is -0.370 e. The first-order chi connectivity index (χ1) is 13.4. The lowest BCUT2D eigenvalue weighted by Gasteiger charge is -2.37. The van der Waals surface area contributed by atoms with Crippen molar-refractivity contribution < 1.29 is 12.8 Å². The molecule has 2 aromatic rings. The summed E-state index contributed by atoms with van der Waals surface area (Å²) in [4.78, 5) is 2.00. The molecule has 1 aromatic heterocycles. The van der Waals surface area contributed by atoms with Gasteiger partial charge >= 0.3 is 0 Å². The van der Waals surface area contributed by atoms with Crippen molar-refractivity contribution in [3.63, 3.8) is 0 Å². The van der Waals surface area contributed by atoms with Crippen LogP contribution in [0.15, 0.2) is 35.0 Å². The quantitative estimate of drug-likeness (QED) is 0.734. The van der Waals surface area contributed by atoms with E-state index in [-0.39, 0.29) is 18.4 Å². The number of sulfonamides is 1. The Morgan fingerprint density at radius 3 is 2.71 bits per heavy atom. The second kappa shape index (κ2) is 8.90. The van der Waals surface area contributed by atoms with Crippen LogP contribution in [0.2, 0.25) is 0 Å². The number of nitrogens with two attached hydrogens (primary N) is 1. The first-order valence-corrected chi connectivity index (χ1v) is 12.1. The molecule has 1 aliphatic heterocycles. The maximum Gasteiger partial charge on any atom is 0.221 e. The van der Waals surface area contributed by atoms with E-state index >= 15 is 0 Å². The van der Waals surface area contributed by atoms with Gasteiger partial charge in [0.15, 0.2) is 0 Å². The summed E-state index contributed by atoms with van der Waals surface area (Å²) in [7, 11) is -3.54. The molecule has 2 atom stereocenters. The van der Waals surface area contributed by atoms with Gasteiger partial charge in [-0.2, -0.15) is 15.6 Å². The summed E-state index contributed by atoms with van der Waals surface area (Å²) in [5.74, 6) is -0.381. The van der Waals surface area contributed by atoms with Crippen LogP contribution in [0.1, 0.15) is 43.1 Å². The van der Waals surface area contributed by atoms with Crippen LogP contribution >= 0.6 is 11.3 Å². The van der Waals surface area contributed by atoms with E-state index in [4.69, 9.17) is 5.73 Å². The van der Waals surface area contributed by atoms with Gasteiger partial charge in [-0.25, -0.2) is 12.8 Å². The first kappa shape index (κ1) is 21.2. The summed E-state index contributed by atoms with van der Waals surface area (Å²) < 4.78 is 42.7. The van der Waals surface area contributed by atoms with Crippen molar-refractivity contribution in [1.29, 1.82) is 0 Å². The maximum absolute atomic E-state index is 14.8. The zero-order chi connectivity index (χ0) is 20.3. The third-order valence-electron chi connectivity index (χ3n) is 5.45. The summed E-state index contributed by atoms with van der Waals surface area (Å²) in [6.07, 6.45) is 1.36. The molecular weight excluding hydrogens is 397 g/mol. The van der Waals surface area contributed by atoms with Crippen LogP contribution in [-0.4, -0.2) is 38.4 Å². The first-order valence-electron chi connectivity index (χ1n) is 9.64. The number of halogens is 1. The van der Waals surface area contributed by atoms with E-state index in [0.29, 0.717) is 25.1 Å². The smallest absolute Gasteiger partial charge is 0.221 e. The van der Waals surface area contributed by atoms with E-state index in [2.05, 4.69) is 0 Å².